The SMILES string of the molecule is CNC(CC1CCNC1=O)C(=O)CF. The summed E-state index contributed by atoms with van der Waals surface area (Å²) in [7, 11) is 1.60. The lowest BCUT2D eigenvalue weighted by atomic mass is 9.96. The van der Waals surface area contributed by atoms with Crippen LogP contribution >= 0.6 is 0 Å². The second-order valence-electron chi connectivity index (χ2n) is 3.45. The van der Waals surface area contributed by atoms with Crippen LogP contribution < -0.4 is 10.6 Å². The Bertz CT molecular complexity index is 233. The van der Waals surface area contributed by atoms with Crippen LogP contribution in [0.1, 0.15) is 12.8 Å². The molecule has 1 aliphatic heterocycles. The highest BCUT2D eigenvalue weighted by Crippen LogP contribution is 2.16. The van der Waals surface area contributed by atoms with Crippen LogP contribution in [0.2, 0.25) is 0 Å². The predicted molar refractivity (Wildman–Crippen MR) is 49.6 cm³/mol. The van der Waals surface area contributed by atoms with Gasteiger partial charge in [-0.25, -0.2) is 4.39 Å². The van der Waals surface area contributed by atoms with Crippen molar-refractivity contribution in [1.82, 2.24) is 10.6 Å². The number of carbonyl (C=O) groups is 2. The molecule has 2 unspecified atom stereocenters. The van der Waals surface area contributed by atoms with Gasteiger partial charge in [0.05, 0.1) is 6.04 Å². The third-order valence-electron chi connectivity index (χ3n) is 2.55. The second kappa shape index (κ2) is 5.05. The zero-order valence-electron chi connectivity index (χ0n) is 8.18. The van der Waals surface area contributed by atoms with Gasteiger partial charge in [0.15, 0.2) is 5.78 Å². The highest BCUT2D eigenvalue weighted by atomic mass is 19.1. The molecule has 0 aromatic carbocycles. The van der Waals surface area contributed by atoms with Gasteiger partial charge in [-0.05, 0) is 19.9 Å². The first kappa shape index (κ1) is 11.1. The normalized spacial score (nSPS) is 23.3. The second-order valence-corrected chi connectivity index (χ2v) is 3.45. The van der Waals surface area contributed by atoms with Crippen molar-refractivity contribution in [2.75, 3.05) is 20.3 Å². The van der Waals surface area contributed by atoms with E-state index in [1.807, 2.05) is 0 Å². The fraction of sp³-hybridized carbons (Fsp3) is 0.778. The molecule has 5 heteroatoms. The van der Waals surface area contributed by atoms with Crippen LogP contribution in [-0.2, 0) is 9.59 Å². The molecule has 80 valence electrons. The average molecular weight is 202 g/mol. The summed E-state index contributed by atoms with van der Waals surface area (Å²) in [5.41, 5.74) is 0. The van der Waals surface area contributed by atoms with Gasteiger partial charge in [0, 0.05) is 12.5 Å². The monoisotopic (exact) mass is 202 g/mol. The quantitative estimate of drug-likeness (QED) is 0.640. The van der Waals surface area contributed by atoms with Crippen LogP contribution in [0.25, 0.3) is 0 Å². The van der Waals surface area contributed by atoms with Gasteiger partial charge in [-0.2, -0.15) is 0 Å². The van der Waals surface area contributed by atoms with Crippen molar-refractivity contribution in [3.05, 3.63) is 0 Å². The molecule has 2 N–H and O–H groups in total. The fourth-order valence-electron chi connectivity index (χ4n) is 1.66. The van der Waals surface area contributed by atoms with Crippen molar-refractivity contribution in [3.63, 3.8) is 0 Å². The average Bonchev–Trinajstić information content (AvgIpc) is 2.59. The van der Waals surface area contributed by atoms with Gasteiger partial charge in [0.1, 0.15) is 6.67 Å². The van der Waals surface area contributed by atoms with Gasteiger partial charge in [-0.3, -0.25) is 9.59 Å². The number of likely N-dealkylation sites (N-methyl/N-ethyl adjacent to an activating group) is 1. The molecule has 0 aromatic heterocycles. The molecule has 1 fully saturated rings. The van der Waals surface area contributed by atoms with Crippen molar-refractivity contribution in [3.8, 4) is 0 Å². The summed E-state index contributed by atoms with van der Waals surface area (Å²) in [6, 6.07) is -0.533. The number of nitrogens with one attached hydrogen (secondary N) is 2. The first-order valence-corrected chi connectivity index (χ1v) is 4.72. The number of carbonyl (C=O) groups excluding carboxylic acids is 2. The Labute approximate surface area is 82.2 Å². The number of ketones is 1. The Kier molecular flexibility index (Phi) is 4.00. The summed E-state index contributed by atoms with van der Waals surface area (Å²) in [6.07, 6.45) is 1.13. The molecule has 0 saturated carbocycles. The first-order valence-electron chi connectivity index (χ1n) is 4.72. The topological polar surface area (TPSA) is 58.2 Å². The Hall–Kier alpha value is -0.970. The smallest absolute Gasteiger partial charge is 0.223 e. The van der Waals surface area contributed by atoms with Crippen LogP contribution in [0.15, 0.2) is 0 Å². The molecule has 14 heavy (non-hydrogen) atoms. The van der Waals surface area contributed by atoms with E-state index in [1.165, 1.54) is 0 Å². The van der Waals surface area contributed by atoms with Crippen molar-refractivity contribution in [2.24, 2.45) is 5.92 Å². The number of halogens is 1. The molecule has 0 aliphatic carbocycles. The van der Waals surface area contributed by atoms with E-state index in [2.05, 4.69) is 10.6 Å². The van der Waals surface area contributed by atoms with E-state index in [-0.39, 0.29) is 11.8 Å². The van der Waals surface area contributed by atoms with Crippen molar-refractivity contribution < 1.29 is 14.0 Å². The molecule has 1 rings (SSSR count). The molecule has 1 heterocycles. The van der Waals surface area contributed by atoms with E-state index in [0.29, 0.717) is 13.0 Å². The third kappa shape index (κ3) is 2.51. The summed E-state index contributed by atoms with van der Waals surface area (Å²) in [4.78, 5) is 22.3. The van der Waals surface area contributed by atoms with Gasteiger partial charge in [0.25, 0.3) is 0 Å². The van der Waals surface area contributed by atoms with Gasteiger partial charge < -0.3 is 10.6 Å². The van der Waals surface area contributed by atoms with E-state index < -0.39 is 18.5 Å². The number of hydrogen-bond acceptors (Lipinski definition) is 3. The Morgan fingerprint density at radius 3 is 2.93 bits per heavy atom. The van der Waals surface area contributed by atoms with Gasteiger partial charge in [0.2, 0.25) is 5.91 Å². The van der Waals surface area contributed by atoms with Crippen molar-refractivity contribution in [1.29, 1.82) is 0 Å². The van der Waals surface area contributed by atoms with Gasteiger partial charge in [-0.15, -0.1) is 0 Å². The Morgan fingerprint density at radius 1 is 1.79 bits per heavy atom. The molecular weight excluding hydrogens is 187 g/mol. The van der Waals surface area contributed by atoms with Crippen LogP contribution in [0, 0.1) is 5.92 Å². The van der Waals surface area contributed by atoms with Crippen LogP contribution in [0.4, 0.5) is 4.39 Å². The van der Waals surface area contributed by atoms with Crippen LogP contribution in [-0.4, -0.2) is 38.0 Å². The number of hydrogen-bond donors (Lipinski definition) is 2. The number of alkyl halides is 1. The minimum absolute atomic E-state index is 0.0306. The lowest BCUT2D eigenvalue weighted by Crippen LogP contribution is -2.38. The van der Waals surface area contributed by atoms with E-state index in [1.54, 1.807) is 7.05 Å². The standard InChI is InChI=1S/C9H15FN2O2/c1-11-7(8(13)5-10)4-6-2-3-12-9(6)14/h6-7,11H,2-5H2,1H3,(H,12,14). The molecule has 1 saturated heterocycles. The summed E-state index contributed by atoms with van der Waals surface area (Å²) < 4.78 is 12.1. The highest BCUT2D eigenvalue weighted by Gasteiger charge is 2.29. The molecule has 0 radical (unpaired) electrons. The lowest BCUT2D eigenvalue weighted by Gasteiger charge is -2.15. The molecule has 4 nitrogen and oxygen atoms in total. The van der Waals surface area contributed by atoms with Crippen molar-refractivity contribution >= 4 is 11.7 Å². The molecule has 2 atom stereocenters. The number of amides is 1. The zero-order chi connectivity index (χ0) is 10.6. The maximum absolute atomic E-state index is 12.1. The Morgan fingerprint density at radius 2 is 2.50 bits per heavy atom. The van der Waals surface area contributed by atoms with Crippen LogP contribution in [0.5, 0.6) is 0 Å². The minimum Gasteiger partial charge on any atom is -0.356 e. The number of rotatable bonds is 5. The zero-order valence-corrected chi connectivity index (χ0v) is 8.18. The van der Waals surface area contributed by atoms with Crippen molar-refractivity contribution in [2.45, 2.75) is 18.9 Å². The molecular formula is C9H15FN2O2. The number of Topliss-reactive ketones (excluding diaryl/α,β-unsaturated/α-hetero) is 1. The summed E-state index contributed by atoms with van der Waals surface area (Å²) in [5, 5.41) is 5.41. The largest absolute Gasteiger partial charge is 0.356 e. The first-order chi connectivity index (χ1) is 6.69. The van der Waals surface area contributed by atoms with E-state index >= 15 is 0 Å². The van der Waals surface area contributed by atoms with E-state index in [0.717, 1.165) is 6.42 Å². The molecule has 1 amide bonds. The minimum atomic E-state index is -0.972. The maximum atomic E-state index is 12.1. The van der Waals surface area contributed by atoms with E-state index in [4.69, 9.17) is 0 Å². The molecule has 0 bridgehead atoms. The molecule has 0 spiro atoms. The van der Waals surface area contributed by atoms with E-state index in [9.17, 15) is 14.0 Å². The molecule has 1 aliphatic rings. The Balaban J connectivity index is 2.47. The van der Waals surface area contributed by atoms with Crippen LogP contribution in [0.3, 0.4) is 0 Å². The van der Waals surface area contributed by atoms with Gasteiger partial charge >= 0.3 is 0 Å². The summed E-state index contributed by atoms with van der Waals surface area (Å²) in [5.74, 6) is -0.660. The van der Waals surface area contributed by atoms with Gasteiger partial charge in [-0.1, -0.05) is 0 Å². The molecule has 0 aromatic rings. The maximum Gasteiger partial charge on any atom is 0.223 e. The summed E-state index contributed by atoms with van der Waals surface area (Å²) >= 11 is 0. The summed E-state index contributed by atoms with van der Waals surface area (Å²) in [6.45, 7) is -0.316. The highest BCUT2D eigenvalue weighted by molar-refractivity contribution is 5.86. The fourth-order valence-corrected chi connectivity index (χ4v) is 1.66. The predicted octanol–water partition coefficient (Wildman–Crippen LogP) is -0.361. The lowest BCUT2D eigenvalue weighted by molar-refractivity contribution is -0.124. The third-order valence-corrected chi connectivity index (χ3v) is 2.55.